The number of aryl methyl sites for hydroxylation is 1. The molecule has 4 heterocycles. The van der Waals surface area contributed by atoms with Gasteiger partial charge in [0, 0.05) is 30.8 Å². The third-order valence-corrected chi connectivity index (χ3v) is 5.42. The summed E-state index contributed by atoms with van der Waals surface area (Å²) in [4.78, 5) is 46.8. The number of hydrogen-bond acceptors (Lipinski definition) is 9. The Balaban J connectivity index is 1.82. The lowest BCUT2D eigenvalue weighted by Crippen LogP contribution is -2.51. The second-order valence-electron chi connectivity index (χ2n) is 6.62. The maximum Gasteiger partial charge on any atom is 0.341 e. The zero-order valence-electron chi connectivity index (χ0n) is 15.7. The van der Waals surface area contributed by atoms with Crippen LogP contribution in [0.4, 0.5) is 5.82 Å². The van der Waals surface area contributed by atoms with E-state index in [1.165, 1.54) is 17.1 Å². The van der Waals surface area contributed by atoms with E-state index in [4.69, 9.17) is 4.74 Å². The van der Waals surface area contributed by atoms with E-state index >= 15 is 0 Å². The predicted octanol–water partition coefficient (Wildman–Crippen LogP) is 1.24. The molecule has 3 aromatic heterocycles. The number of nitrogens with zero attached hydrogens (tertiary/aromatic N) is 5. The van der Waals surface area contributed by atoms with Crippen molar-refractivity contribution < 1.29 is 19.4 Å². The number of aromatic nitrogens is 4. The first-order chi connectivity index (χ1) is 13.9. The maximum absolute atomic E-state index is 12.7. The van der Waals surface area contributed by atoms with Crippen LogP contribution in [0.3, 0.4) is 0 Å². The van der Waals surface area contributed by atoms with Crippen LogP contribution in [0, 0.1) is 12.8 Å². The number of aromatic carboxylic acids is 1. The summed E-state index contributed by atoms with van der Waals surface area (Å²) in [6, 6.07) is 1.72. The fourth-order valence-corrected chi connectivity index (χ4v) is 3.80. The average molecular weight is 415 g/mol. The van der Waals surface area contributed by atoms with Crippen molar-refractivity contribution in [3.05, 3.63) is 39.9 Å². The van der Waals surface area contributed by atoms with Crippen molar-refractivity contribution in [2.24, 2.45) is 5.92 Å². The topological polar surface area (TPSA) is 128 Å². The summed E-state index contributed by atoms with van der Waals surface area (Å²) < 4.78 is 10.5. The Morgan fingerprint density at radius 3 is 2.76 bits per heavy atom. The number of pyridine rings is 2. The van der Waals surface area contributed by atoms with E-state index in [-0.39, 0.29) is 22.8 Å². The Morgan fingerprint density at radius 1 is 1.38 bits per heavy atom. The van der Waals surface area contributed by atoms with Gasteiger partial charge in [0.2, 0.25) is 10.6 Å². The Kier molecular flexibility index (Phi) is 4.74. The number of carbonyl (C=O) groups excluding carboxylic acids is 1. The number of hydrogen-bond donors (Lipinski definition) is 1. The zero-order valence-corrected chi connectivity index (χ0v) is 16.5. The number of carbonyl (C=O) groups is 2. The molecule has 0 radical (unpaired) electrons. The summed E-state index contributed by atoms with van der Waals surface area (Å²) in [6.45, 7) is 4.76. The molecule has 11 heteroatoms. The third kappa shape index (κ3) is 3.23. The summed E-state index contributed by atoms with van der Waals surface area (Å²) in [5, 5.41) is 10.0. The number of carboxylic acids is 1. The van der Waals surface area contributed by atoms with Gasteiger partial charge in [0.05, 0.1) is 17.9 Å². The van der Waals surface area contributed by atoms with Crippen molar-refractivity contribution in [3.63, 3.8) is 0 Å². The zero-order chi connectivity index (χ0) is 20.7. The first-order valence-corrected chi connectivity index (χ1v) is 9.67. The van der Waals surface area contributed by atoms with Crippen molar-refractivity contribution in [2.75, 3.05) is 24.6 Å². The number of anilines is 1. The van der Waals surface area contributed by atoms with E-state index in [2.05, 4.69) is 14.3 Å². The molecule has 10 nitrogen and oxygen atoms in total. The van der Waals surface area contributed by atoms with E-state index in [1.807, 2.05) is 4.90 Å². The lowest BCUT2D eigenvalue weighted by Gasteiger charge is -2.38. The number of carboxylic acid groups (broad SMARTS) is 1. The molecule has 1 fully saturated rings. The predicted molar refractivity (Wildman–Crippen MR) is 105 cm³/mol. The van der Waals surface area contributed by atoms with Crippen LogP contribution < -0.4 is 10.3 Å². The summed E-state index contributed by atoms with van der Waals surface area (Å²) in [5.74, 6) is -1.18. The molecule has 150 valence electrons. The molecule has 0 saturated carbocycles. The van der Waals surface area contributed by atoms with E-state index in [1.54, 1.807) is 19.9 Å². The van der Waals surface area contributed by atoms with Gasteiger partial charge in [0.25, 0.3) is 0 Å². The number of esters is 1. The molecular formula is C18H17N5O5S. The molecule has 0 aromatic carbocycles. The summed E-state index contributed by atoms with van der Waals surface area (Å²) in [6.07, 6.45) is 2.57. The SMILES string of the molecule is CCOC(=O)C1CN(c2cc(C)c3c(=O)c(C(=O)O)cn(-c4ncns4)c3n2)C1. The van der Waals surface area contributed by atoms with Crippen molar-refractivity contribution in [3.8, 4) is 5.13 Å². The minimum atomic E-state index is -1.32. The van der Waals surface area contributed by atoms with Crippen LogP contribution in [0.2, 0.25) is 0 Å². The fourth-order valence-electron chi connectivity index (χ4n) is 3.29. The molecule has 0 spiro atoms. The Labute approximate surface area is 168 Å². The highest BCUT2D eigenvalue weighted by molar-refractivity contribution is 7.08. The van der Waals surface area contributed by atoms with Gasteiger partial charge in [-0.3, -0.25) is 14.2 Å². The fraction of sp³-hybridized carbons (Fsp3) is 0.333. The van der Waals surface area contributed by atoms with Crippen LogP contribution in [-0.2, 0) is 9.53 Å². The van der Waals surface area contributed by atoms with Gasteiger partial charge in [-0.05, 0) is 25.5 Å². The first kappa shape index (κ1) is 19.0. The van der Waals surface area contributed by atoms with Gasteiger partial charge < -0.3 is 14.7 Å². The first-order valence-electron chi connectivity index (χ1n) is 8.89. The third-order valence-electron chi connectivity index (χ3n) is 4.75. The number of fused-ring (bicyclic) bond motifs is 1. The molecule has 4 rings (SSSR count). The van der Waals surface area contributed by atoms with Gasteiger partial charge in [0.1, 0.15) is 17.7 Å². The molecule has 1 N–H and O–H groups in total. The largest absolute Gasteiger partial charge is 0.477 e. The van der Waals surface area contributed by atoms with Gasteiger partial charge in [-0.1, -0.05) is 0 Å². The van der Waals surface area contributed by atoms with Crippen LogP contribution in [0.1, 0.15) is 22.8 Å². The second kappa shape index (κ2) is 7.24. The standard InChI is InChI=1S/C18H17N5O5S/c1-3-28-17(27)10-5-22(6-10)12-4-9(2)13-14(24)11(16(25)26)7-23(15(13)21-12)18-19-8-20-29-18/h4,7-8,10H,3,5-6H2,1-2H3,(H,25,26). The summed E-state index contributed by atoms with van der Waals surface area (Å²) >= 11 is 1.06. The molecular weight excluding hydrogens is 398 g/mol. The summed E-state index contributed by atoms with van der Waals surface area (Å²) in [5.41, 5.74) is -0.0724. The van der Waals surface area contributed by atoms with Crippen LogP contribution in [-0.4, -0.2) is 55.7 Å². The lowest BCUT2D eigenvalue weighted by atomic mass is 10.00. The van der Waals surface area contributed by atoms with E-state index in [0.717, 1.165) is 11.5 Å². The minimum absolute atomic E-state index is 0.214. The Morgan fingerprint density at radius 2 is 2.14 bits per heavy atom. The van der Waals surface area contributed by atoms with Gasteiger partial charge in [-0.2, -0.15) is 4.37 Å². The van der Waals surface area contributed by atoms with Gasteiger partial charge >= 0.3 is 11.9 Å². The molecule has 1 aliphatic rings. The molecule has 1 aliphatic heterocycles. The van der Waals surface area contributed by atoms with Crippen molar-refractivity contribution in [2.45, 2.75) is 13.8 Å². The van der Waals surface area contributed by atoms with Crippen LogP contribution >= 0.6 is 11.5 Å². The van der Waals surface area contributed by atoms with E-state index in [0.29, 0.717) is 41.9 Å². The van der Waals surface area contributed by atoms with E-state index in [9.17, 15) is 19.5 Å². The highest BCUT2D eigenvalue weighted by Gasteiger charge is 2.35. The van der Waals surface area contributed by atoms with Crippen molar-refractivity contribution >= 4 is 40.3 Å². The number of ether oxygens (including phenoxy) is 1. The Hall–Kier alpha value is -3.34. The van der Waals surface area contributed by atoms with Crippen LogP contribution in [0.25, 0.3) is 16.2 Å². The molecule has 0 bridgehead atoms. The smallest absolute Gasteiger partial charge is 0.341 e. The Bertz CT molecular complexity index is 1170. The monoisotopic (exact) mass is 415 g/mol. The molecule has 0 unspecified atom stereocenters. The number of rotatable bonds is 5. The molecule has 1 saturated heterocycles. The molecule has 0 amide bonds. The minimum Gasteiger partial charge on any atom is -0.477 e. The van der Waals surface area contributed by atoms with Crippen molar-refractivity contribution in [1.29, 1.82) is 0 Å². The van der Waals surface area contributed by atoms with Crippen LogP contribution in [0.5, 0.6) is 0 Å². The highest BCUT2D eigenvalue weighted by Crippen LogP contribution is 2.28. The quantitative estimate of drug-likeness (QED) is 0.612. The van der Waals surface area contributed by atoms with Crippen LogP contribution in [0.15, 0.2) is 23.4 Å². The maximum atomic E-state index is 12.7. The average Bonchev–Trinajstić information content (AvgIpc) is 3.14. The van der Waals surface area contributed by atoms with Gasteiger partial charge in [0.15, 0.2) is 5.65 Å². The molecule has 0 atom stereocenters. The molecule has 0 aliphatic carbocycles. The molecule has 3 aromatic rings. The van der Waals surface area contributed by atoms with Crippen molar-refractivity contribution in [1.82, 2.24) is 18.9 Å². The van der Waals surface area contributed by atoms with Gasteiger partial charge in [-0.25, -0.2) is 14.8 Å². The second-order valence-corrected chi connectivity index (χ2v) is 7.38. The highest BCUT2D eigenvalue weighted by atomic mass is 32.1. The normalized spacial score (nSPS) is 14.1. The van der Waals surface area contributed by atoms with Gasteiger partial charge in [-0.15, -0.1) is 0 Å². The molecule has 29 heavy (non-hydrogen) atoms. The summed E-state index contributed by atoms with van der Waals surface area (Å²) in [7, 11) is 0. The lowest BCUT2D eigenvalue weighted by molar-refractivity contribution is -0.148. The van der Waals surface area contributed by atoms with E-state index < -0.39 is 11.4 Å².